The molecule has 128 valence electrons. The summed E-state index contributed by atoms with van der Waals surface area (Å²) in [4.78, 5) is 15.0. The van der Waals surface area contributed by atoms with Gasteiger partial charge < -0.3 is 10.2 Å². The van der Waals surface area contributed by atoms with Crippen LogP contribution in [0.4, 0.5) is 0 Å². The van der Waals surface area contributed by atoms with E-state index in [-0.39, 0.29) is 18.3 Å². The van der Waals surface area contributed by atoms with Crippen LogP contribution in [0.5, 0.6) is 0 Å². The van der Waals surface area contributed by atoms with Crippen LogP contribution in [0.1, 0.15) is 23.2 Å². The van der Waals surface area contributed by atoms with Gasteiger partial charge in [-0.3, -0.25) is 9.89 Å². The molecule has 1 aromatic carbocycles. The molecule has 2 aliphatic rings. The summed E-state index contributed by atoms with van der Waals surface area (Å²) in [6.45, 7) is 3.91. The van der Waals surface area contributed by atoms with E-state index in [4.69, 9.17) is 0 Å². The number of fused-ring (bicyclic) bond motifs is 1. The lowest BCUT2D eigenvalue weighted by Crippen LogP contribution is -2.32. The molecule has 0 bridgehead atoms. The second-order valence-corrected chi connectivity index (χ2v) is 6.57. The first-order chi connectivity index (χ1) is 11.3. The van der Waals surface area contributed by atoms with E-state index < -0.39 is 0 Å². The van der Waals surface area contributed by atoms with Crippen molar-refractivity contribution in [2.24, 2.45) is 11.8 Å². The van der Waals surface area contributed by atoms with Gasteiger partial charge in [0.25, 0.3) is 5.91 Å². The number of benzene rings is 1. The number of rotatable bonds is 2. The average molecular weight is 347 g/mol. The summed E-state index contributed by atoms with van der Waals surface area (Å²) in [6, 6.07) is 9.93. The van der Waals surface area contributed by atoms with Gasteiger partial charge in [-0.05, 0) is 37.8 Å². The minimum atomic E-state index is 0. The summed E-state index contributed by atoms with van der Waals surface area (Å²) in [5.74, 6) is 1.56. The molecule has 1 aromatic heterocycles. The van der Waals surface area contributed by atoms with Gasteiger partial charge in [0.2, 0.25) is 0 Å². The number of aromatic amines is 1. The monoisotopic (exact) mass is 346 g/mol. The van der Waals surface area contributed by atoms with Gasteiger partial charge in [0, 0.05) is 18.7 Å². The van der Waals surface area contributed by atoms with E-state index in [1.807, 2.05) is 35.2 Å². The number of carbonyl (C=O) groups is 1. The van der Waals surface area contributed by atoms with Crippen molar-refractivity contribution in [3.05, 3.63) is 42.1 Å². The Balaban J connectivity index is 0.00000169. The van der Waals surface area contributed by atoms with Crippen molar-refractivity contribution in [1.29, 1.82) is 0 Å². The smallest absolute Gasteiger partial charge is 0.257 e. The van der Waals surface area contributed by atoms with Crippen LogP contribution < -0.4 is 5.32 Å². The SMILES string of the molecule is Cl.O=C(c1cn[nH]c1-c1ccccc1)N1CC[C@@H]2CNC[C@@H]2CC1. The molecule has 2 N–H and O–H groups in total. The Morgan fingerprint density at radius 2 is 1.75 bits per heavy atom. The third-order valence-electron chi connectivity index (χ3n) is 5.24. The van der Waals surface area contributed by atoms with Crippen LogP contribution in [0.25, 0.3) is 11.3 Å². The van der Waals surface area contributed by atoms with E-state index in [9.17, 15) is 4.79 Å². The van der Waals surface area contributed by atoms with Gasteiger partial charge in [0.1, 0.15) is 0 Å². The molecule has 0 saturated carbocycles. The van der Waals surface area contributed by atoms with Crippen molar-refractivity contribution >= 4 is 18.3 Å². The van der Waals surface area contributed by atoms with Gasteiger partial charge in [0.15, 0.2) is 0 Å². The summed E-state index contributed by atoms with van der Waals surface area (Å²) in [5, 5.41) is 10.6. The third kappa shape index (κ3) is 3.19. The second-order valence-electron chi connectivity index (χ2n) is 6.57. The number of nitrogens with zero attached hydrogens (tertiary/aromatic N) is 2. The highest BCUT2D eigenvalue weighted by atomic mass is 35.5. The van der Waals surface area contributed by atoms with Gasteiger partial charge in [-0.1, -0.05) is 30.3 Å². The Hall–Kier alpha value is -1.85. The fraction of sp³-hybridized carbons (Fsp3) is 0.444. The Morgan fingerprint density at radius 3 is 2.42 bits per heavy atom. The predicted octanol–water partition coefficient (Wildman–Crippen LogP) is 2.57. The minimum absolute atomic E-state index is 0. The van der Waals surface area contributed by atoms with Crippen molar-refractivity contribution in [1.82, 2.24) is 20.4 Å². The number of H-pyrrole nitrogens is 1. The van der Waals surface area contributed by atoms with Gasteiger partial charge in [-0.15, -0.1) is 12.4 Å². The summed E-state index contributed by atoms with van der Waals surface area (Å²) < 4.78 is 0. The molecule has 24 heavy (non-hydrogen) atoms. The molecule has 0 aliphatic carbocycles. The van der Waals surface area contributed by atoms with E-state index in [2.05, 4.69) is 15.5 Å². The standard InChI is InChI=1S/C18H22N4O.ClH/c23-18(22-8-6-14-10-19-11-15(14)7-9-22)16-12-20-21-17(16)13-4-2-1-3-5-13;/h1-5,12,14-15,19H,6-11H2,(H,20,21);1H/t14-,15+;. The normalized spacial score (nSPS) is 23.2. The molecule has 0 unspecified atom stereocenters. The molecule has 2 aromatic rings. The molecule has 2 atom stereocenters. The molecule has 0 spiro atoms. The van der Waals surface area contributed by atoms with E-state index >= 15 is 0 Å². The van der Waals surface area contributed by atoms with Crippen molar-refractivity contribution in [3.63, 3.8) is 0 Å². The molecule has 6 heteroatoms. The number of halogens is 1. The fourth-order valence-corrected chi connectivity index (χ4v) is 3.86. The molecule has 5 nitrogen and oxygen atoms in total. The first kappa shape index (κ1) is 17.0. The molecule has 2 saturated heterocycles. The maximum Gasteiger partial charge on any atom is 0.257 e. The largest absolute Gasteiger partial charge is 0.339 e. The highest BCUT2D eigenvalue weighted by Crippen LogP contribution is 2.29. The van der Waals surface area contributed by atoms with Crippen LogP contribution in [-0.2, 0) is 0 Å². The van der Waals surface area contributed by atoms with Gasteiger partial charge in [0.05, 0.1) is 17.5 Å². The first-order valence-corrected chi connectivity index (χ1v) is 8.41. The lowest BCUT2D eigenvalue weighted by atomic mass is 9.92. The Kier molecular flexibility index (Phi) is 5.21. The summed E-state index contributed by atoms with van der Waals surface area (Å²) >= 11 is 0. The maximum atomic E-state index is 13.0. The lowest BCUT2D eigenvalue weighted by molar-refractivity contribution is 0.0759. The molecular weight excluding hydrogens is 324 g/mol. The number of amides is 1. The zero-order valence-electron chi connectivity index (χ0n) is 13.6. The fourth-order valence-electron chi connectivity index (χ4n) is 3.86. The van der Waals surface area contributed by atoms with E-state index in [1.165, 1.54) is 0 Å². The van der Waals surface area contributed by atoms with Crippen molar-refractivity contribution in [2.45, 2.75) is 12.8 Å². The van der Waals surface area contributed by atoms with Gasteiger partial charge in [-0.25, -0.2) is 0 Å². The van der Waals surface area contributed by atoms with Crippen LogP contribution >= 0.6 is 12.4 Å². The second kappa shape index (κ2) is 7.36. The number of hydrogen-bond acceptors (Lipinski definition) is 3. The molecular formula is C18H23ClN4O. The van der Waals surface area contributed by atoms with E-state index in [0.717, 1.165) is 62.1 Å². The van der Waals surface area contributed by atoms with Crippen LogP contribution in [-0.4, -0.2) is 47.2 Å². The number of carbonyl (C=O) groups excluding carboxylic acids is 1. The zero-order chi connectivity index (χ0) is 15.6. The molecule has 1 amide bonds. The first-order valence-electron chi connectivity index (χ1n) is 8.41. The quantitative estimate of drug-likeness (QED) is 0.878. The van der Waals surface area contributed by atoms with Gasteiger partial charge in [-0.2, -0.15) is 5.10 Å². The van der Waals surface area contributed by atoms with E-state index in [1.54, 1.807) is 6.20 Å². The van der Waals surface area contributed by atoms with Crippen molar-refractivity contribution < 1.29 is 4.79 Å². The summed E-state index contributed by atoms with van der Waals surface area (Å²) in [7, 11) is 0. The van der Waals surface area contributed by atoms with Gasteiger partial charge >= 0.3 is 0 Å². The highest BCUT2D eigenvalue weighted by Gasteiger charge is 2.32. The van der Waals surface area contributed by atoms with Crippen molar-refractivity contribution in [3.8, 4) is 11.3 Å². The molecule has 0 radical (unpaired) electrons. The molecule has 2 aliphatic heterocycles. The van der Waals surface area contributed by atoms with Crippen LogP contribution in [0.2, 0.25) is 0 Å². The number of nitrogens with one attached hydrogen (secondary N) is 2. The predicted molar refractivity (Wildman–Crippen MR) is 96.3 cm³/mol. The lowest BCUT2D eigenvalue weighted by Gasteiger charge is -2.21. The average Bonchev–Trinajstić information content (AvgIpc) is 3.21. The third-order valence-corrected chi connectivity index (χ3v) is 5.24. The number of hydrogen-bond donors (Lipinski definition) is 2. The van der Waals surface area contributed by atoms with Crippen LogP contribution in [0.3, 0.4) is 0 Å². The van der Waals surface area contributed by atoms with Crippen LogP contribution in [0.15, 0.2) is 36.5 Å². The van der Waals surface area contributed by atoms with Crippen molar-refractivity contribution in [2.75, 3.05) is 26.2 Å². The number of aromatic nitrogens is 2. The van der Waals surface area contributed by atoms with E-state index in [0.29, 0.717) is 5.56 Å². The highest BCUT2D eigenvalue weighted by molar-refractivity contribution is 5.99. The Labute approximate surface area is 148 Å². The number of likely N-dealkylation sites (tertiary alicyclic amines) is 1. The Bertz CT molecular complexity index is 673. The molecule has 3 heterocycles. The summed E-state index contributed by atoms with van der Waals surface area (Å²) in [5.41, 5.74) is 2.51. The molecule has 4 rings (SSSR count). The topological polar surface area (TPSA) is 61.0 Å². The zero-order valence-corrected chi connectivity index (χ0v) is 14.4. The Morgan fingerprint density at radius 1 is 1.08 bits per heavy atom. The maximum absolute atomic E-state index is 13.0. The van der Waals surface area contributed by atoms with Crippen LogP contribution in [0, 0.1) is 11.8 Å². The molecule has 2 fully saturated rings. The summed E-state index contributed by atoms with van der Waals surface area (Å²) in [6.07, 6.45) is 3.86. The minimum Gasteiger partial charge on any atom is -0.339 e.